The minimum Gasteiger partial charge on any atom is -0.368 e. The topological polar surface area (TPSA) is 67.4 Å². The van der Waals surface area contributed by atoms with E-state index in [1.807, 2.05) is 56.3 Å². The van der Waals surface area contributed by atoms with Crippen molar-refractivity contribution in [3.8, 4) is 0 Å². The van der Waals surface area contributed by atoms with Crippen molar-refractivity contribution in [3.05, 3.63) is 59.2 Å². The molecule has 2 fully saturated rings. The monoisotopic (exact) mass is 476 g/mol. The lowest BCUT2D eigenvalue weighted by molar-refractivity contribution is -0.127. The van der Waals surface area contributed by atoms with E-state index in [0.29, 0.717) is 29.7 Å². The zero-order valence-electron chi connectivity index (χ0n) is 21.3. The molecule has 2 unspecified atom stereocenters. The van der Waals surface area contributed by atoms with Crippen LogP contribution in [0.25, 0.3) is 0 Å². The van der Waals surface area contributed by atoms with E-state index in [2.05, 4.69) is 10.6 Å². The van der Waals surface area contributed by atoms with Crippen LogP contribution >= 0.6 is 0 Å². The molecule has 188 valence electrons. The summed E-state index contributed by atoms with van der Waals surface area (Å²) in [5.74, 6) is 0.712. The number of carbonyl (C=O) groups excluding carboxylic acids is 2. The van der Waals surface area contributed by atoms with Gasteiger partial charge >= 0.3 is 0 Å². The van der Waals surface area contributed by atoms with E-state index in [-0.39, 0.29) is 17.9 Å². The normalized spacial score (nSPS) is 21.9. The highest BCUT2D eigenvalue weighted by Crippen LogP contribution is 2.36. The number of carbonyl (C=O) groups is 2. The van der Waals surface area contributed by atoms with E-state index < -0.39 is 0 Å². The Hall–Kier alpha value is -2.66. The Morgan fingerprint density at radius 3 is 2.00 bits per heavy atom. The van der Waals surface area contributed by atoms with Gasteiger partial charge in [-0.25, -0.2) is 0 Å². The molecule has 2 atom stereocenters. The van der Waals surface area contributed by atoms with Crippen LogP contribution in [-0.4, -0.2) is 24.5 Å². The first-order valence-corrected chi connectivity index (χ1v) is 13.4. The molecule has 5 heteroatoms. The Kier molecular flexibility index (Phi) is 8.97. The number of aryl methyl sites for hydroxylation is 2. The Bertz CT molecular complexity index is 991. The zero-order chi connectivity index (χ0) is 24.6. The van der Waals surface area contributed by atoms with Crippen LogP contribution in [0.15, 0.2) is 42.5 Å². The Morgan fingerprint density at radius 1 is 0.771 bits per heavy atom. The van der Waals surface area contributed by atoms with Crippen LogP contribution in [0, 0.1) is 25.7 Å². The predicted molar refractivity (Wildman–Crippen MR) is 142 cm³/mol. The van der Waals surface area contributed by atoms with E-state index in [1.54, 1.807) is 0 Å². The molecule has 0 aromatic heterocycles. The van der Waals surface area contributed by atoms with Crippen molar-refractivity contribution < 1.29 is 14.3 Å². The van der Waals surface area contributed by atoms with Crippen molar-refractivity contribution in [2.75, 3.05) is 17.2 Å². The quantitative estimate of drug-likeness (QED) is 0.486. The molecule has 1 heterocycles. The Labute approximate surface area is 210 Å². The summed E-state index contributed by atoms with van der Waals surface area (Å²) in [4.78, 5) is 25.8. The lowest BCUT2D eigenvalue weighted by atomic mass is 9.79. The summed E-state index contributed by atoms with van der Waals surface area (Å²) in [5, 5.41) is 6.00. The smallest absolute Gasteiger partial charge is 0.255 e. The van der Waals surface area contributed by atoms with Gasteiger partial charge in [-0.1, -0.05) is 75.5 Å². The van der Waals surface area contributed by atoms with Crippen molar-refractivity contribution in [3.63, 3.8) is 0 Å². The molecule has 0 radical (unpaired) electrons. The van der Waals surface area contributed by atoms with Gasteiger partial charge in [-0.2, -0.15) is 0 Å². The number of amides is 2. The SMILES string of the molecule is Cc1ccc(C(=O)Nc2ccc(NC(=O)C3OCCC3C3CCCCCCCCC3)cc2)c(C)c1. The fraction of sp³-hybridized carbons (Fsp3) is 0.533. The number of anilines is 2. The van der Waals surface area contributed by atoms with Crippen molar-refractivity contribution in [2.45, 2.75) is 84.2 Å². The number of hydrogen-bond acceptors (Lipinski definition) is 3. The maximum Gasteiger partial charge on any atom is 0.255 e. The molecule has 0 bridgehead atoms. The van der Waals surface area contributed by atoms with E-state index in [9.17, 15) is 9.59 Å². The molecule has 2 N–H and O–H groups in total. The highest BCUT2D eigenvalue weighted by atomic mass is 16.5. The molecule has 1 aliphatic carbocycles. The van der Waals surface area contributed by atoms with Gasteiger partial charge in [0.25, 0.3) is 11.8 Å². The molecular weight excluding hydrogens is 436 g/mol. The average molecular weight is 477 g/mol. The molecule has 1 saturated carbocycles. The number of ether oxygens (including phenoxy) is 1. The molecule has 2 aromatic rings. The van der Waals surface area contributed by atoms with Crippen LogP contribution in [0.1, 0.15) is 85.7 Å². The van der Waals surface area contributed by atoms with Gasteiger partial charge in [0.2, 0.25) is 0 Å². The number of benzene rings is 2. The Morgan fingerprint density at radius 2 is 1.37 bits per heavy atom. The third-order valence-electron chi connectivity index (χ3n) is 7.69. The summed E-state index contributed by atoms with van der Waals surface area (Å²) in [5.41, 5.74) is 4.17. The zero-order valence-corrected chi connectivity index (χ0v) is 21.3. The summed E-state index contributed by atoms with van der Waals surface area (Å²) in [6, 6.07) is 13.1. The molecule has 5 nitrogen and oxygen atoms in total. The van der Waals surface area contributed by atoms with E-state index in [4.69, 9.17) is 4.74 Å². The fourth-order valence-corrected chi connectivity index (χ4v) is 5.75. The molecule has 35 heavy (non-hydrogen) atoms. The first-order valence-electron chi connectivity index (χ1n) is 13.4. The summed E-state index contributed by atoms with van der Waals surface area (Å²) < 4.78 is 5.96. The fourth-order valence-electron chi connectivity index (χ4n) is 5.75. The van der Waals surface area contributed by atoms with Crippen molar-refractivity contribution >= 4 is 23.2 Å². The maximum atomic E-state index is 13.2. The van der Waals surface area contributed by atoms with Crippen LogP contribution in [0.5, 0.6) is 0 Å². The van der Waals surface area contributed by atoms with Gasteiger partial charge in [-0.05, 0) is 68.0 Å². The Balaban J connectivity index is 1.34. The molecule has 2 aromatic carbocycles. The molecule has 1 saturated heterocycles. The highest BCUT2D eigenvalue weighted by molar-refractivity contribution is 6.05. The molecule has 1 aliphatic heterocycles. The standard InChI is InChI=1S/C30H40N2O3/c1-21-12-17-26(22(2)20-21)29(33)31-24-13-15-25(16-14-24)32-30(34)28-27(18-19-35-28)23-10-8-6-4-3-5-7-9-11-23/h12-17,20,23,27-28H,3-11,18-19H2,1-2H3,(H,31,33)(H,32,34). The van der Waals surface area contributed by atoms with Crippen LogP contribution < -0.4 is 10.6 Å². The molecule has 2 amide bonds. The van der Waals surface area contributed by atoms with Gasteiger partial charge < -0.3 is 15.4 Å². The summed E-state index contributed by atoms with van der Waals surface area (Å²) in [6.45, 7) is 4.63. The summed E-state index contributed by atoms with van der Waals surface area (Å²) in [7, 11) is 0. The maximum absolute atomic E-state index is 13.2. The van der Waals surface area contributed by atoms with Gasteiger partial charge in [0, 0.05) is 23.5 Å². The van der Waals surface area contributed by atoms with Crippen LogP contribution in [0.2, 0.25) is 0 Å². The van der Waals surface area contributed by atoms with Gasteiger partial charge in [0.15, 0.2) is 0 Å². The van der Waals surface area contributed by atoms with Gasteiger partial charge in [0.05, 0.1) is 0 Å². The van der Waals surface area contributed by atoms with E-state index in [0.717, 1.165) is 23.2 Å². The average Bonchev–Trinajstić information content (AvgIpc) is 3.33. The number of hydrogen-bond donors (Lipinski definition) is 2. The lowest BCUT2D eigenvalue weighted by Gasteiger charge is -2.28. The largest absolute Gasteiger partial charge is 0.368 e. The van der Waals surface area contributed by atoms with Gasteiger partial charge in [0.1, 0.15) is 6.10 Å². The van der Waals surface area contributed by atoms with Crippen molar-refractivity contribution in [2.24, 2.45) is 11.8 Å². The van der Waals surface area contributed by atoms with Crippen molar-refractivity contribution in [1.29, 1.82) is 0 Å². The second kappa shape index (κ2) is 12.3. The van der Waals surface area contributed by atoms with Gasteiger partial charge in [-0.3, -0.25) is 9.59 Å². The molecule has 0 spiro atoms. The highest BCUT2D eigenvalue weighted by Gasteiger charge is 2.38. The first kappa shape index (κ1) is 25.4. The molecular formula is C30H40N2O3. The minimum absolute atomic E-state index is 0.0448. The van der Waals surface area contributed by atoms with Crippen LogP contribution in [0.3, 0.4) is 0 Å². The summed E-state index contributed by atoms with van der Waals surface area (Å²) >= 11 is 0. The second-order valence-corrected chi connectivity index (χ2v) is 10.4. The lowest BCUT2D eigenvalue weighted by Crippen LogP contribution is -2.36. The summed E-state index contributed by atoms with van der Waals surface area (Å²) in [6.07, 6.45) is 12.3. The molecule has 4 rings (SSSR count). The first-order chi connectivity index (χ1) is 17.0. The van der Waals surface area contributed by atoms with Crippen LogP contribution in [0.4, 0.5) is 11.4 Å². The predicted octanol–water partition coefficient (Wildman–Crippen LogP) is 7.04. The van der Waals surface area contributed by atoms with Crippen molar-refractivity contribution in [1.82, 2.24) is 0 Å². The third-order valence-corrected chi connectivity index (χ3v) is 7.69. The van der Waals surface area contributed by atoms with Gasteiger partial charge in [-0.15, -0.1) is 0 Å². The number of nitrogens with one attached hydrogen (secondary N) is 2. The van der Waals surface area contributed by atoms with Crippen LogP contribution in [-0.2, 0) is 9.53 Å². The van der Waals surface area contributed by atoms with E-state index in [1.165, 1.54) is 57.8 Å². The molecule has 2 aliphatic rings. The van der Waals surface area contributed by atoms with E-state index >= 15 is 0 Å². The minimum atomic E-state index is -0.369. The second-order valence-electron chi connectivity index (χ2n) is 10.4. The third kappa shape index (κ3) is 6.94. The number of rotatable bonds is 5.